The van der Waals surface area contributed by atoms with Gasteiger partial charge in [-0.3, -0.25) is 14.6 Å². The minimum atomic E-state index is -0.872. The van der Waals surface area contributed by atoms with Crippen molar-refractivity contribution >= 4 is 11.8 Å². The molecular weight excluding hydrogens is 741 g/mol. The van der Waals surface area contributed by atoms with Crippen molar-refractivity contribution < 1.29 is 30.0 Å². The van der Waals surface area contributed by atoms with Crippen LogP contribution in [0.1, 0.15) is 208 Å². The van der Waals surface area contributed by atoms with E-state index in [2.05, 4.69) is 34.9 Å². The first-order valence-electron chi connectivity index (χ1n) is 24.8. The Morgan fingerprint density at radius 3 is 1.27 bits per heavy atom. The molecule has 4 atom stereocenters. The van der Waals surface area contributed by atoms with Crippen LogP contribution in [0.15, 0.2) is 5.70 Å². The summed E-state index contributed by atoms with van der Waals surface area (Å²) in [6.45, 7) is 16.4. The zero-order valence-corrected chi connectivity index (χ0v) is 39.6. The Morgan fingerprint density at radius 2 is 0.915 bits per heavy atom. The molecule has 0 rings (SSSR count). The van der Waals surface area contributed by atoms with E-state index >= 15 is 0 Å². The number of carbonyl (C=O) groups excluding carboxylic acids is 2. The molecule has 4 unspecified atom stereocenters. The van der Waals surface area contributed by atoms with Gasteiger partial charge < -0.3 is 30.6 Å². The van der Waals surface area contributed by atoms with Crippen LogP contribution in [-0.2, 0) is 9.59 Å². The van der Waals surface area contributed by atoms with Crippen molar-refractivity contribution in [2.45, 2.75) is 227 Å². The van der Waals surface area contributed by atoms with Gasteiger partial charge in [-0.2, -0.15) is 0 Å². The Balaban J connectivity index is 5.19. The summed E-state index contributed by atoms with van der Waals surface area (Å²) in [6, 6.07) is 0. The Bertz CT molecular complexity index is 969. The number of hydrogen-bond donors (Lipinski definition) is 5. The van der Waals surface area contributed by atoms with Gasteiger partial charge in [0.25, 0.3) is 0 Å². The molecule has 0 saturated heterocycles. The minimum absolute atomic E-state index is 0.134. The van der Waals surface area contributed by atoms with Crippen molar-refractivity contribution in [3.63, 3.8) is 0 Å². The average molecular weight is 839 g/mol. The molecule has 0 radical (unpaired) electrons. The Morgan fingerprint density at radius 1 is 0.559 bits per heavy atom. The summed E-state index contributed by atoms with van der Waals surface area (Å²) in [6.07, 6.45) is 29.6. The van der Waals surface area contributed by atoms with E-state index in [0.29, 0.717) is 57.9 Å². The predicted octanol–water partition coefficient (Wildman–Crippen LogP) is 9.05. The quantitative estimate of drug-likeness (QED) is 0.0301. The van der Waals surface area contributed by atoms with Gasteiger partial charge in [0.1, 0.15) is 11.6 Å². The zero-order chi connectivity index (χ0) is 44.0. The van der Waals surface area contributed by atoms with Gasteiger partial charge in [-0.15, -0.1) is 0 Å². The third kappa shape index (κ3) is 33.7. The summed E-state index contributed by atoms with van der Waals surface area (Å²) in [5, 5.41) is 43.7. The lowest BCUT2D eigenvalue weighted by atomic mass is 9.82. The molecule has 0 bridgehead atoms. The van der Waals surface area contributed by atoms with Gasteiger partial charge in [-0.05, 0) is 40.0 Å². The second kappa shape index (κ2) is 39.3. The smallest absolute Gasteiger partial charge is 0.220 e. The van der Waals surface area contributed by atoms with E-state index < -0.39 is 23.7 Å². The Labute approximate surface area is 364 Å². The number of nitrogens with zero attached hydrogens (tertiary/aromatic N) is 3. The second-order valence-electron chi connectivity index (χ2n) is 18.4. The fourth-order valence-electron chi connectivity index (χ4n) is 8.25. The Hall–Kier alpha value is -1.52. The standard InChI is InChI=1S/C49H98N4O6/c1-7-9-11-13-15-17-19-21-23-25-27-29-34-53(35-30-28-26-24-22-20-18-16-14-12-10-8-2)47(42-54)49(6,43-55)32-31-48(59)50-33-36-51(39-44(3)56)37-38-52(40-45(4)57)41-46(5)58/h44-46,55-58H,7-41,43H2,1-6H3,(H,50,59). The maximum atomic E-state index is 13.1. The number of nitrogens with one attached hydrogen (secondary N) is 1. The maximum Gasteiger partial charge on any atom is 0.220 e. The molecular formula is C49H98N4O6. The van der Waals surface area contributed by atoms with Crippen LogP contribution in [0.4, 0.5) is 0 Å². The first-order valence-corrected chi connectivity index (χ1v) is 24.8. The highest BCUT2D eigenvalue weighted by Gasteiger charge is 2.34. The van der Waals surface area contributed by atoms with Gasteiger partial charge in [0.15, 0.2) is 0 Å². The van der Waals surface area contributed by atoms with Crippen LogP contribution in [0.3, 0.4) is 0 Å². The average Bonchev–Trinajstić information content (AvgIpc) is 3.19. The third-order valence-corrected chi connectivity index (χ3v) is 11.9. The molecule has 10 heteroatoms. The second-order valence-corrected chi connectivity index (χ2v) is 18.4. The van der Waals surface area contributed by atoms with Gasteiger partial charge in [0.05, 0.1) is 24.9 Å². The molecule has 0 fully saturated rings. The summed E-state index contributed by atoms with van der Waals surface area (Å²) in [5.41, 5.74) is -0.371. The van der Waals surface area contributed by atoms with Crippen molar-refractivity contribution in [2.75, 3.05) is 65.5 Å². The molecule has 0 saturated carbocycles. The summed E-state index contributed by atoms with van der Waals surface area (Å²) >= 11 is 0. The van der Waals surface area contributed by atoms with Crippen LogP contribution in [0, 0.1) is 5.41 Å². The summed E-state index contributed by atoms with van der Waals surface area (Å²) in [4.78, 5) is 32.1. The summed E-state index contributed by atoms with van der Waals surface area (Å²) < 4.78 is 0. The highest BCUT2D eigenvalue weighted by molar-refractivity contribution is 5.76. The van der Waals surface area contributed by atoms with E-state index in [1.54, 1.807) is 20.8 Å². The van der Waals surface area contributed by atoms with Crippen LogP contribution in [-0.4, -0.2) is 131 Å². The monoisotopic (exact) mass is 839 g/mol. The third-order valence-electron chi connectivity index (χ3n) is 11.9. The Kier molecular flexibility index (Phi) is 38.3. The molecule has 0 heterocycles. The zero-order valence-electron chi connectivity index (χ0n) is 39.6. The predicted molar refractivity (Wildman–Crippen MR) is 248 cm³/mol. The first kappa shape index (κ1) is 57.5. The number of unbranched alkanes of at least 4 members (excludes halogenated alkanes) is 22. The SMILES string of the molecule is CCCCCCCCCCCCCCN(CCCCCCCCCCCCCC)C(=C=O)C(C)(CO)CCC(=O)NCCN(CCN(CC(C)O)CC(C)O)CC(C)O. The molecule has 350 valence electrons. The maximum absolute atomic E-state index is 13.1. The molecule has 0 spiro atoms. The van der Waals surface area contributed by atoms with E-state index in [1.165, 1.54) is 128 Å². The molecule has 0 aromatic heterocycles. The van der Waals surface area contributed by atoms with Crippen LogP contribution < -0.4 is 5.32 Å². The van der Waals surface area contributed by atoms with Crippen molar-refractivity contribution in [3.8, 4) is 0 Å². The van der Waals surface area contributed by atoms with Gasteiger partial charge in [-0.25, -0.2) is 4.79 Å². The van der Waals surface area contributed by atoms with E-state index in [0.717, 1.165) is 38.8 Å². The fraction of sp³-hybridized carbons (Fsp3) is 0.939. The minimum Gasteiger partial charge on any atom is -0.395 e. The van der Waals surface area contributed by atoms with Gasteiger partial charge in [0, 0.05) is 70.7 Å². The van der Waals surface area contributed by atoms with Gasteiger partial charge in [-0.1, -0.05) is 162 Å². The molecule has 0 aromatic carbocycles. The largest absolute Gasteiger partial charge is 0.395 e. The number of aliphatic hydroxyl groups is 4. The van der Waals surface area contributed by atoms with Crippen LogP contribution in [0.5, 0.6) is 0 Å². The highest BCUT2D eigenvalue weighted by Crippen LogP contribution is 2.33. The van der Waals surface area contributed by atoms with Crippen LogP contribution >= 0.6 is 0 Å². The van der Waals surface area contributed by atoms with E-state index in [4.69, 9.17) is 0 Å². The molecule has 5 N–H and O–H groups in total. The van der Waals surface area contributed by atoms with Crippen LogP contribution in [0.2, 0.25) is 0 Å². The topological polar surface area (TPSA) is 137 Å². The molecule has 0 aliphatic carbocycles. The molecule has 10 nitrogen and oxygen atoms in total. The lowest BCUT2D eigenvalue weighted by molar-refractivity contribution is -0.121. The fourth-order valence-corrected chi connectivity index (χ4v) is 8.25. The number of aliphatic hydroxyl groups excluding tert-OH is 4. The lowest BCUT2D eigenvalue weighted by Crippen LogP contribution is -2.45. The normalized spacial score (nSPS) is 14.3. The van der Waals surface area contributed by atoms with Crippen molar-refractivity contribution in [1.82, 2.24) is 20.0 Å². The van der Waals surface area contributed by atoms with Crippen molar-refractivity contribution in [2.24, 2.45) is 5.41 Å². The number of rotatable bonds is 44. The molecule has 1 amide bonds. The molecule has 0 aromatic rings. The molecule has 0 aliphatic heterocycles. The molecule has 59 heavy (non-hydrogen) atoms. The number of amides is 1. The summed E-state index contributed by atoms with van der Waals surface area (Å²) in [7, 11) is 0. The summed E-state index contributed by atoms with van der Waals surface area (Å²) in [5.74, 6) is 2.13. The lowest BCUT2D eigenvalue weighted by Gasteiger charge is -2.36. The number of carbonyl (C=O) groups is 1. The van der Waals surface area contributed by atoms with E-state index in [-0.39, 0.29) is 18.9 Å². The van der Waals surface area contributed by atoms with Crippen molar-refractivity contribution in [1.29, 1.82) is 0 Å². The van der Waals surface area contributed by atoms with Crippen molar-refractivity contribution in [3.05, 3.63) is 5.70 Å². The van der Waals surface area contributed by atoms with E-state index in [9.17, 15) is 30.0 Å². The van der Waals surface area contributed by atoms with Gasteiger partial charge >= 0.3 is 0 Å². The van der Waals surface area contributed by atoms with Crippen LogP contribution in [0.25, 0.3) is 0 Å². The number of hydrogen-bond acceptors (Lipinski definition) is 9. The molecule has 0 aliphatic rings. The van der Waals surface area contributed by atoms with E-state index in [1.807, 2.05) is 11.8 Å². The first-order chi connectivity index (χ1) is 28.4. The highest BCUT2D eigenvalue weighted by atomic mass is 16.3. The van der Waals surface area contributed by atoms with Gasteiger partial charge in [0.2, 0.25) is 5.91 Å².